The molecule has 4 rings (SSSR count). The highest BCUT2D eigenvalue weighted by molar-refractivity contribution is 5.84. The van der Waals surface area contributed by atoms with Crippen LogP contribution >= 0.6 is 0 Å². The van der Waals surface area contributed by atoms with Crippen molar-refractivity contribution in [3.05, 3.63) is 99.9 Å². The Labute approximate surface area is 189 Å². The number of rotatable bonds is 8. The second-order valence-electron chi connectivity index (χ2n) is 7.25. The van der Waals surface area contributed by atoms with Crippen molar-refractivity contribution in [2.24, 2.45) is 5.10 Å². The molecule has 33 heavy (non-hydrogen) atoms. The average Bonchev–Trinajstić information content (AvgIpc) is 3.16. The van der Waals surface area contributed by atoms with Gasteiger partial charge >= 0.3 is 5.69 Å². The Bertz CT molecular complexity index is 1330. The molecule has 9 heteroatoms. The lowest BCUT2D eigenvalue weighted by molar-refractivity contribution is -0.385. The summed E-state index contributed by atoms with van der Waals surface area (Å²) >= 11 is 0. The summed E-state index contributed by atoms with van der Waals surface area (Å²) in [4.78, 5) is 28.0. The third-order valence-corrected chi connectivity index (χ3v) is 5.04. The summed E-state index contributed by atoms with van der Waals surface area (Å²) in [7, 11) is 1.36. The third kappa shape index (κ3) is 5.04. The number of hydrazone groups is 1. The minimum absolute atomic E-state index is 0.0305. The third-order valence-electron chi connectivity index (χ3n) is 5.04. The van der Waals surface area contributed by atoms with Gasteiger partial charge in [0.05, 0.1) is 29.3 Å². The van der Waals surface area contributed by atoms with Gasteiger partial charge in [0.2, 0.25) is 0 Å². The number of ether oxygens (including phenoxy) is 1. The van der Waals surface area contributed by atoms with Crippen LogP contribution in [0.15, 0.2) is 77.9 Å². The first-order valence-electron chi connectivity index (χ1n) is 10.2. The molecule has 1 heterocycles. The quantitative estimate of drug-likeness (QED) is 0.254. The highest BCUT2D eigenvalue weighted by atomic mass is 16.6. The van der Waals surface area contributed by atoms with E-state index in [9.17, 15) is 14.9 Å². The first kappa shape index (κ1) is 21.7. The van der Waals surface area contributed by atoms with Gasteiger partial charge in [0.25, 0.3) is 5.91 Å². The Morgan fingerprint density at radius 2 is 1.91 bits per heavy atom. The largest absolute Gasteiger partial charge is 0.490 e. The zero-order valence-electron chi connectivity index (χ0n) is 17.8. The molecule has 0 unspecified atom stereocenters. The molecule has 1 aromatic heterocycles. The number of hydrogen-bond donors (Lipinski definition) is 1. The zero-order chi connectivity index (χ0) is 23.2. The number of imidazole rings is 1. The number of carbonyl (C=O) groups excluding carboxylic acids is 1. The number of hydrogen-bond acceptors (Lipinski definition) is 6. The van der Waals surface area contributed by atoms with Gasteiger partial charge in [0.1, 0.15) is 12.4 Å². The number of amides is 1. The number of nitro benzene ring substituents is 1. The van der Waals surface area contributed by atoms with E-state index < -0.39 is 4.92 Å². The average molecular weight is 443 g/mol. The van der Waals surface area contributed by atoms with E-state index in [1.807, 2.05) is 59.2 Å². The zero-order valence-corrected chi connectivity index (χ0v) is 17.8. The molecule has 0 atom stereocenters. The molecular formula is C24H21N5O4. The van der Waals surface area contributed by atoms with Crippen LogP contribution in [-0.2, 0) is 17.8 Å². The van der Waals surface area contributed by atoms with Crippen LogP contribution < -0.4 is 10.2 Å². The normalized spacial score (nSPS) is 11.1. The summed E-state index contributed by atoms with van der Waals surface area (Å²) in [5.74, 6) is 0.582. The van der Waals surface area contributed by atoms with E-state index in [0.29, 0.717) is 12.0 Å². The molecule has 9 nitrogen and oxygen atoms in total. The molecule has 166 valence electrons. The smallest absolute Gasteiger partial charge is 0.311 e. The first-order valence-corrected chi connectivity index (χ1v) is 10.2. The summed E-state index contributed by atoms with van der Waals surface area (Å²) in [6.07, 6.45) is 1.93. The van der Waals surface area contributed by atoms with Gasteiger partial charge in [-0.2, -0.15) is 5.10 Å². The summed E-state index contributed by atoms with van der Waals surface area (Å²) in [5, 5.41) is 15.1. The summed E-state index contributed by atoms with van der Waals surface area (Å²) < 4.78 is 6.85. The molecule has 0 saturated heterocycles. The van der Waals surface area contributed by atoms with E-state index in [-0.39, 0.29) is 23.9 Å². The van der Waals surface area contributed by atoms with E-state index in [0.717, 1.165) is 22.4 Å². The van der Waals surface area contributed by atoms with Crippen molar-refractivity contribution in [1.82, 2.24) is 15.0 Å². The van der Waals surface area contributed by atoms with Crippen LogP contribution in [0.25, 0.3) is 11.0 Å². The number of nitro groups is 1. The molecule has 0 bridgehead atoms. The number of methoxy groups -OCH3 is 1. The maximum atomic E-state index is 12.6. The van der Waals surface area contributed by atoms with Crippen LogP contribution in [0.3, 0.4) is 0 Å². The van der Waals surface area contributed by atoms with Crippen molar-refractivity contribution in [1.29, 1.82) is 0 Å². The Kier molecular flexibility index (Phi) is 6.40. The minimum Gasteiger partial charge on any atom is -0.490 e. The number of nitrogens with one attached hydrogen (secondary N) is 1. The predicted octanol–water partition coefficient (Wildman–Crippen LogP) is 3.69. The molecule has 0 aliphatic heterocycles. The Hall–Kier alpha value is -4.53. The fraction of sp³-hybridized carbons (Fsp3) is 0.125. The maximum absolute atomic E-state index is 12.6. The first-order chi connectivity index (χ1) is 16.0. The second-order valence-corrected chi connectivity index (χ2v) is 7.25. The van der Waals surface area contributed by atoms with Gasteiger partial charge in [-0.3, -0.25) is 14.9 Å². The SMILES string of the molecule is COc1ccc(/C=N/NC(=O)Cn2c(Cc3ccccc3)nc3ccccc32)cc1[N+](=O)[O-]. The molecule has 0 spiro atoms. The van der Waals surface area contributed by atoms with Crippen LogP contribution in [0.5, 0.6) is 5.75 Å². The molecule has 4 aromatic rings. The molecule has 3 aromatic carbocycles. The fourth-order valence-electron chi connectivity index (χ4n) is 3.50. The molecule has 1 N–H and O–H groups in total. The number of fused-ring (bicyclic) bond motifs is 1. The van der Waals surface area contributed by atoms with E-state index in [1.54, 1.807) is 6.07 Å². The molecule has 0 saturated carbocycles. The fourth-order valence-corrected chi connectivity index (χ4v) is 3.50. The van der Waals surface area contributed by atoms with Crippen molar-refractivity contribution < 1.29 is 14.5 Å². The molecule has 1 amide bonds. The molecule has 0 aliphatic rings. The van der Waals surface area contributed by atoms with E-state index >= 15 is 0 Å². The van der Waals surface area contributed by atoms with Gasteiger partial charge < -0.3 is 9.30 Å². The van der Waals surface area contributed by atoms with E-state index in [1.165, 1.54) is 25.5 Å². The molecule has 0 radical (unpaired) electrons. The van der Waals surface area contributed by atoms with Crippen molar-refractivity contribution in [2.75, 3.05) is 7.11 Å². The van der Waals surface area contributed by atoms with Crippen LogP contribution in [0.4, 0.5) is 5.69 Å². The highest BCUT2D eigenvalue weighted by Crippen LogP contribution is 2.26. The van der Waals surface area contributed by atoms with E-state index in [2.05, 4.69) is 10.5 Å². The van der Waals surface area contributed by atoms with Crippen LogP contribution in [-0.4, -0.2) is 33.7 Å². The standard InChI is InChI=1S/C24H21N5O4/c1-33-22-12-11-18(13-21(22)29(31)32)15-25-27-24(30)16-28-20-10-6-5-9-19(20)26-23(28)14-17-7-3-2-4-8-17/h2-13,15H,14,16H2,1H3,(H,27,30)/b25-15+. The lowest BCUT2D eigenvalue weighted by Crippen LogP contribution is -2.24. The Morgan fingerprint density at radius 1 is 1.15 bits per heavy atom. The van der Waals surface area contributed by atoms with Crippen molar-refractivity contribution in [2.45, 2.75) is 13.0 Å². The summed E-state index contributed by atoms with van der Waals surface area (Å²) in [5.41, 5.74) is 5.52. The van der Waals surface area contributed by atoms with Gasteiger partial charge in [-0.05, 0) is 29.8 Å². The predicted molar refractivity (Wildman–Crippen MR) is 124 cm³/mol. The van der Waals surface area contributed by atoms with Gasteiger partial charge in [0, 0.05) is 18.1 Å². The van der Waals surface area contributed by atoms with Crippen molar-refractivity contribution in [3.63, 3.8) is 0 Å². The molecular weight excluding hydrogens is 422 g/mol. The van der Waals surface area contributed by atoms with E-state index in [4.69, 9.17) is 9.72 Å². The monoisotopic (exact) mass is 443 g/mol. The van der Waals surface area contributed by atoms with Gasteiger partial charge in [-0.1, -0.05) is 42.5 Å². The van der Waals surface area contributed by atoms with Crippen molar-refractivity contribution >= 4 is 28.8 Å². The Morgan fingerprint density at radius 3 is 2.67 bits per heavy atom. The number of aromatic nitrogens is 2. The summed E-state index contributed by atoms with van der Waals surface area (Å²) in [6, 6.07) is 22.0. The van der Waals surface area contributed by atoms with Crippen molar-refractivity contribution in [3.8, 4) is 5.75 Å². The van der Waals surface area contributed by atoms with Gasteiger partial charge in [0.15, 0.2) is 5.75 Å². The van der Waals surface area contributed by atoms with Crippen LogP contribution in [0, 0.1) is 10.1 Å². The number of para-hydroxylation sites is 2. The number of nitrogens with zero attached hydrogens (tertiary/aromatic N) is 4. The van der Waals surface area contributed by atoms with Gasteiger partial charge in [-0.25, -0.2) is 10.4 Å². The summed E-state index contributed by atoms with van der Waals surface area (Å²) in [6.45, 7) is 0.0305. The lowest BCUT2D eigenvalue weighted by Gasteiger charge is -2.08. The lowest BCUT2D eigenvalue weighted by atomic mass is 10.1. The molecule has 0 aliphatic carbocycles. The van der Waals surface area contributed by atoms with Gasteiger partial charge in [-0.15, -0.1) is 0 Å². The van der Waals surface area contributed by atoms with Crippen LogP contribution in [0.1, 0.15) is 17.0 Å². The number of benzene rings is 3. The van der Waals surface area contributed by atoms with Crippen LogP contribution in [0.2, 0.25) is 0 Å². The second kappa shape index (κ2) is 9.73. The maximum Gasteiger partial charge on any atom is 0.311 e. The molecule has 0 fully saturated rings. The minimum atomic E-state index is -0.535. The highest BCUT2D eigenvalue weighted by Gasteiger charge is 2.15. The Balaban J connectivity index is 1.51. The topological polar surface area (TPSA) is 112 Å². The number of carbonyl (C=O) groups is 1.